The van der Waals surface area contributed by atoms with E-state index in [9.17, 15) is 4.79 Å². The molecule has 0 saturated carbocycles. The summed E-state index contributed by atoms with van der Waals surface area (Å²) in [7, 11) is 3.23. The highest BCUT2D eigenvalue weighted by molar-refractivity contribution is 14.1. The summed E-state index contributed by atoms with van der Waals surface area (Å²) in [6, 6.07) is 12.9. The first-order chi connectivity index (χ1) is 11.2. The second-order valence-electron chi connectivity index (χ2n) is 4.89. The number of hydrogen-bond donors (Lipinski definition) is 0. The van der Waals surface area contributed by atoms with Gasteiger partial charge in [-0.25, -0.2) is 0 Å². The van der Waals surface area contributed by atoms with Crippen molar-refractivity contribution in [3.8, 4) is 5.75 Å². The third-order valence-corrected chi connectivity index (χ3v) is 4.56. The zero-order valence-corrected chi connectivity index (χ0v) is 15.3. The Bertz CT molecular complexity index is 656. The molecular formula is C18H19IO4. The maximum atomic E-state index is 12.8. The van der Waals surface area contributed by atoms with Crippen LogP contribution in [0.5, 0.6) is 5.75 Å². The lowest BCUT2D eigenvalue weighted by Gasteiger charge is -2.15. The van der Waals surface area contributed by atoms with Crippen molar-refractivity contribution in [3.05, 3.63) is 62.7 Å². The Morgan fingerprint density at radius 1 is 1.04 bits per heavy atom. The van der Waals surface area contributed by atoms with Crippen molar-refractivity contribution in [1.29, 1.82) is 0 Å². The molecule has 0 unspecified atom stereocenters. The highest BCUT2D eigenvalue weighted by Gasteiger charge is 2.18. The molecule has 5 heteroatoms. The van der Waals surface area contributed by atoms with Crippen LogP contribution in [0, 0.1) is 3.57 Å². The van der Waals surface area contributed by atoms with Gasteiger partial charge in [0.25, 0.3) is 0 Å². The van der Waals surface area contributed by atoms with Crippen LogP contribution in [0.4, 0.5) is 0 Å². The van der Waals surface area contributed by atoms with E-state index in [1.54, 1.807) is 14.2 Å². The Morgan fingerprint density at radius 3 is 2.43 bits per heavy atom. The van der Waals surface area contributed by atoms with E-state index in [0.29, 0.717) is 29.9 Å². The number of carbonyl (C=O) groups is 1. The van der Waals surface area contributed by atoms with Crippen LogP contribution < -0.4 is 4.74 Å². The lowest BCUT2D eigenvalue weighted by Crippen LogP contribution is -2.11. The van der Waals surface area contributed by atoms with Crippen molar-refractivity contribution in [2.75, 3.05) is 27.6 Å². The minimum absolute atomic E-state index is 0.00732. The molecule has 4 nitrogen and oxygen atoms in total. The van der Waals surface area contributed by atoms with Gasteiger partial charge in [0, 0.05) is 25.3 Å². The third-order valence-electron chi connectivity index (χ3n) is 3.38. The fraction of sp³-hybridized carbons (Fsp3) is 0.278. The van der Waals surface area contributed by atoms with Gasteiger partial charge in [-0.1, -0.05) is 30.3 Å². The summed E-state index contributed by atoms with van der Waals surface area (Å²) in [5, 5.41) is 0. The minimum atomic E-state index is 0.00732. The molecule has 0 N–H and O–H groups in total. The van der Waals surface area contributed by atoms with E-state index in [1.165, 1.54) is 0 Å². The quantitative estimate of drug-likeness (QED) is 0.367. The molecule has 0 aliphatic carbocycles. The van der Waals surface area contributed by atoms with Gasteiger partial charge >= 0.3 is 0 Å². The average Bonchev–Trinajstić information content (AvgIpc) is 2.59. The maximum Gasteiger partial charge on any atom is 0.193 e. The fourth-order valence-electron chi connectivity index (χ4n) is 2.24. The minimum Gasteiger partial charge on any atom is -0.466 e. The number of ether oxygens (including phenoxy) is 3. The first-order valence-electron chi connectivity index (χ1n) is 7.20. The Kier molecular flexibility index (Phi) is 7.01. The largest absolute Gasteiger partial charge is 0.466 e. The number of ketones is 1. The van der Waals surface area contributed by atoms with Gasteiger partial charge in [-0.2, -0.15) is 0 Å². The molecule has 0 atom stereocenters. The van der Waals surface area contributed by atoms with Crippen LogP contribution >= 0.6 is 22.6 Å². The summed E-state index contributed by atoms with van der Waals surface area (Å²) in [6.07, 6.45) is 0.646. The van der Waals surface area contributed by atoms with Crippen LogP contribution in [0.3, 0.4) is 0 Å². The normalized spacial score (nSPS) is 10.6. The number of carbonyl (C=O) groups excluding carboxylic acids is 1. The van der Waals surface area contributed by atoms with Gasteiger partial charge in [-0.3, -0.25) is 4.79 Å². The molecule has 0 heterocycles. The predicted molar refractivity (Wildman–Crippen MR) is 97.1 cm³/mol. The van der Waals surface area contributed by atoms with Crippen LogP contribution in [0.2, 0.25) is 0 Å². The molecule has 0 saturated heterocycles. The van der Waals surface area contributed by atoms with E-state index >= 15 is 0 Å². The van der Waals surface area contributed by atoms with Gasteiger partial charge in [0.15, 0.2) is 12.6 Å². The molecule has 2 aromatic carbocycles. The summed E-state index contributed by atoms with van der Waals surface area (Å²) in [5.74, 6) is 0.719. The van der Waals surface area contributed by atoms with Gasteiger partial charge in [0.05, 0.1) is 10.2 Å². The average molecular weight is 426 g/mol. The summed E-state index contributed by atoms with van der Waals surface area (Å²) < 4.78 is 16.6. The number of methoxy groups -OCH3 is 2. The smallest absolute Gasteiger partial charge is 0.193 e. The van der Waals surface area contributed by atoms with Crippen LogP contribution in [0.15, 0.2) is 42.5 Å². The summed E-state index contributed by atoms with van der Waals surface area (Å²) in [4.78, 5) is 12.8. The molecule has 0 bridgehead atoms. The lowest BCUT2D eigenvalue weighted by molar-refractivity contribution is 0.0504. The van der Waals surface area contributed by atoms with Gasteiger partial charge in [-0.05, 0) is 46.7 Å². The topological polar surface area (TPSA) is 44.8 Å². The Balaban J connectivity index is 2.41. The monoisotopic (exact) mass is 426 g/mol. The molecule has 122 valence electrons. The third kappa shape index (κ3) is 4.53. The van der Waals surface area contributed by atoms with Crippen LogP contribution in [-0.2, 0) is 15.9 Å². The SMILES string of the molecule is COCCc1c(C(=O)c2ccccc2)ccc(OCOC)c1I. The van der Waals surface area contributed by atoms with Crippen molar-refractivity contribution in [3.63, 3.8) is 0 Å². The van der Waals surface area contributed by atoms with E-state index in [-0.39, 0.29) is 12.6 Å². The summed E-state index contributed by atoms with van der Waals surface area (Å²) >= 11 is 2.21. The van der Waals surface area contributed by atoms with Crippen LogP contribution in [0.1, 0.15) is 21.5 Å². The van der Waals surface area contributed by atoms with Crippen molar-refractivity contribution in [2.24, 2.45) is 0 Å². The second kappa shape index (κ2) is 9.00. The maximum absolute atomic E-state index is 12.8. The second-order valence-corrected chi connectivity index (χ2v) is 5.97. The number of halogens is 1. The summed E-state index contributed by atoms with van der Waals surface area (Å²) in [5.41, 5.74) is 2.30. The molecular weight excluding hydrogens is 407 g/mol. The molecule has 0 fully saturated rings. The van der Waals surface area contributed by atoms with Crippen LogP contribution in [0.25, 0.3) is 0 Å². The van der Waals surface area contributed by atoms with E-state index in [0.717, 1.165) is 9.13 Å². The summed E-state index contributed by atoms with van der Waals surface area (Å²) in [6.45, 7) is 0.713. The molecule has 0 amide bonds. The number of rotatable bonds is 8. The highest BCUT2D eigenvalue weighted by atomic mass is 127. The molecule has 2 rings (SSSR count). The standard InChI is InChI=1S/C18H19IO4/c1-21-11-10-14-15(18(20)13-6-4-3-5-7-13)8-9-16(17(14)19)23-12-22-2/h3-9H,10-12H2,1-2H3. The van der Waals surface area contributed by atoms with Crippen molar-refractivity contribution < 1.29 is 19.0 Å². The van der Waals surface area contributed by atoms with Crippen LogP contribution in [-0.4, -0.2) is 33.4 Å². The zero-order chi connectivity index (χ0) is 16.7. The first-order valence-corrected chi connectivity index (χ1v) is 8.28. The Labute approximate surface area is 149 Å². The number of hydrogen-bond acceptors (Lipinski definition) is 4. The van der Waals surface area contributed by atoms with Gasteiger partial charge < -0.3 is 14.2 Å². The Morgan fingerprint density at radius 2 is 1.78 bits per heavy atom. The number of benzene rings is 2. The van der Waals surface area contributed by atoms with Crippen molar-refractivity contribution in [2.45, 2.75) is 6.42 Å². The van der Waals surface area contributed by atoms with E-state index in [2.05, 4.69) is 22.6 Å². The van der Waals surface area contributed by atoms with E-state index in [4.69, 9.17) is 14.2 Å². The van der Waals surface area contributed by atoms with Gasteiger partial charge in [0.1, 0.15) is 5.75 Å². The molecule has 0 radical (unpaired) electrons. The lowest BCUT2D eigenvalue weighted by atomic mass is 9.96. The fourth-order valence-corrected chi connectivity index (χ4v) is 3.14. The molecule has 0 aromatic heterocycles. The van der Waals surface area contributed by atoms with E-state index in [1.807, 2.05) is 42.5 Å². The molecule has 2 aromatic rings. The van der Waals surface area contributed by atoms with Gasteiger partial charge in [-0.15, -0.1) is 0 Å². The van der Waals surface area contributed by atoms with E-state index < -0.39 is 0 Å². The van der Waals surface area contributed by atoms with Crippen molar-refractivity contribution in [1.82, 2.24) is 0 Å². The predicted octanol–water partition coefficient (Wildman–Crippen LogP) is 3.69. The molecule has 0 spiro atoms. The molecule has 23 heavy (non-hydrogen) atoms. The van der Waals surface area contributed by atoms with Gasteiger partial charge in [0.2, 0.25) is 0 Å². The van der Waals surface area contributed by atoms with Crippen molar-refractivity contribution >= 4 is 28.4 Å². The Hall–Kier alpha value is -1.44. The molecule has 0 aliphatic heterocycles. The first kappa shape index (κ1) is 17.9. The zero-order valence-electron chi connectivity index (χ0n) is 13.2. The highest BCUT2D eigenvalue weighted by Crippen LogP contribution is 2.29. The molecule has 0 aliphatic rings.